The van der Waals surface area contributed by atoms with Crippen LogP contribution in [-0.2, 0) is 4.79 Å². The average Bonchev–Trinajstić information content (AvgIpc) is 2.82. The van der Waals surface area contributed by atoms with E-state index in [1.807, 2.05) is 0 Å². The van der Waals surface area contributed by atoms with E-state index < -0.39 is 12.1 Å². The number of rotatable bonds is 25. The molecule has 0 aromatic rings. The maximum absolute atomic E-state index is 12.2. The molecule has 0 saturated heterocycles. The van der Waals surface area contributed by atoms with Crippen LogP contribution in [0.5, 0.6) is 0 Å². The minimum absolute atomic E-state index is 0.0463. The van der Waals surface area contributed by atoms with Gasteiger partial charge in [0.1, 0.15) is 0 Å². The van der Waals surface area contributed by atoms with Crippen molar-refractivity contribution in [3.63, 3.8) is 0 Å². The number of amides is 1. The largest absolute Gasteiger partial charge is 0.394 e. The smallest absolute Gasteiger partial charge is 0.220 e. The van der Waals surface area contributed by atoms with Gasteiger partial charge in [-0.05, 0) is 32.1 Å². The molecule has 3 N–H and O–H groups in total. The molecule has 0 aromatic heterocycles. The third-order valence-electron chi connectivity index (χ3n) is 6.53. The molecule has 0 bridgehead atoms. The number of aliphatic hydroxyl groups is 2. The Kier molecular flexibility index (Phi) is 25.1. The molecule has 0 rings (SSSR count). The van der Waals surface area contributed by atoms with Crippen LogP contribution in [0.2, 0.25) is 0 Å². The van der Waals surface area contributed by atoms with E-state index in [-0.39, 0.29) is 12.5 Å². The van der Waals surface area contributed by atoms with E-state index in [0.29, 0.717) is 12.8 Å². The van der Waals surface area contributed by atoms with Gasteiger partial charge in [0.05, 0.1) is 18.8 Å². The molecule has 0 heterocycles. The topological polar surface area (TPSA) is 69.6 Å². The first-order valence-corrected chi connectivity index (χ1v) is 14.4. The highest BCUT2D eigenvalue weighted by molar-refractivity contribution is 5.76. The molecule has 0 aliphatic carbocycles. The summed E-state index contributed by atoms with van der Waals surface area (Å²) in [4.78, 5) is 12.2. The fourth-order valence-electron chi connectivity index (χ4n) is 4.22. The van der Waals surface area contributed by atoms with Gasteiger partial charge in [0, 0.05) is 6.42 Å². The quantitative estimate of drug-likeness (QED) is 0.0955. The summed E-state index contributed by atoms with van der Waals surface area (Å²) in [6.45, 7) is 4.27. The third kappa shape index (κ3) is 22.7. The van der Waals surface area contributed by atoms with Crippen LogP contribution in [-0.4, -0.2) is 34.9 Å². The predicted molar refractivity (Wildman–Crippen MR) is 142 cm³/mol. The van der Waals surface area contributed by atoms with Gasteiger partial charge in [-0.2, -0.15) is 0 Å². The van der Waals surface area contributed by atoms with Crippen molar-refractivity contribution in [3.05, 3.63) is 12.2 Å². The summed E-state index contributed by atoms with van der Waals surface area (Å²) in [5.74, 6) is -0.0463. The van der Waals surface area contributed by atoms with Crippen LogP contribution < -0.4 is 5.32 Å². The van der Waals surface area contributed by atoms with Crippen LogP contribution in [0.25, 0.3) is 0 Å². The van der Waals surface area contributed by atoms with E-state index in [0.717, 1.165) is 25.7 Å². The number of unbranched alkanes of at least 4 members (excludes halogenated alkanes) is 16. The van der Waals surface area contributed by atoms with Gasteiger partial charge < -0.3 is 15.5 Å². The van der Waals surface area contributed by atoms with Crippen molar-refractivity contribution in [3.8, 4) is 0 Å². The molecular formula is C29H57NO3. The van der Waals surface area contributed by atoms with Crippen molar-refractivity contribution >= 4 is 5.91 Å². The van der Waals surface area contributed by atoms with E-state index >= 15 is 0 Å². The van der Waals surface area contributed by atoms with Gasteiger partial charge in [-0.3, -0.25) is 4.79 Å². The summed E-state index contributed by atoms with van der Waals surface area (Å²) in [7, 11) is 0. The zero-order chi connectivity index (χ0) is 24.4. The molecule has 0 radical (unpaired) electrons. The van der Waals surface area contributed by atoms with E-state index in [4.69, 9.17) is 0 Å². The van der Waals surface area contributed by atoms with Gasteiger partial charge in [0.2, 0.25) is 5.91 Å². The van der Waals surface area contributed by atoms with Gasteiger partial charge >= 0.3 is 0 Å². The molecular weight excluding hydrogens is 410 g/mol. The van der Waals surface area contributed by atoms with Crippen molar-refractivity contribution in [1.82, 2.24) is 5.32 Å². The summed E-state index contributed by atoms with van der Waals surface area (Å²) < 4.78 is 0. The van der Waals surface area contributed by atoms with Crippen LogP contribution in [0.3, 0.4) is 0 Å². The highest BCUT2D eigenvalue weighted by Crippen LogP contribution is 2.13. The Bertz CT molecular complexity index is 439. The van der Waals surface area contributed by atoms with Crippen molar-refractivity contribution in [1.29, 1.82) is 0 Å². The summed E-state index contributed by atoms with van der Waals surface area (Å²) in [5.41, 5.74) is 0. The SMILES string of the molecule is CCCC/C=C\CCCCCCCC(=O)NC(CO)C(O)CCCCCCCCCCCC. The van der Waals surface area contributed by atoms with Crippen molar-refractivity contribution < 1.29 is 15.0 Å². The normalized spacial score (nSPS) is 13.5. The van der Waals surface area contributed by atoms with Crippen LogP contribution in [0.1, 0.15) is 149 Å². The highest BCUT2D eigenvalue weighted by atomic mass is 16.3. The molecule has 4 heteroatoms. The van der Waals surface area contributed by atoms with Gasteiger partial charge in [-0.1, -0.05) is 122 Å². The van der Waals surface area contributed by atoms with Crippen molar-refractivity contribution in [2.24, 2.45) is 0 Å². The zero-order valence-electron chi connectivity index (χ0n) is 22.2. The van der Waals surface area contributed by atoms with Crippen LogP contribution in [0, 0.1) is 0 Å². The molecule has 2 atom stereocenters. The summed E-state index contributed by atoms with van der Waals surface area (Å²) in [6, 6.07) is -0.532. The minimum Gasteiger partial charge on any atom is -0.394 e. The minimum atomic E-state index is -0.654. The molecule has 33 heavy (non-hydrogen) atoms. The number of hydrogen-bond donors (Lipinski definition) is 3. The van der Waals surface area contributed by atoms with Gasteiger partial charge in [0.25, 0.3) is 0 Å². The Morgan fingerprint density at radius 2 is 1.18 bits per heavy atom. The second kappa shape index (κ2) is 25.7. The first-order chi connectivity index (χ1) is 16.2. The van der Waals surface area contributed by atoms with Crippen LogP contribution >= 0.6 is 0 Å². The summed E-state index contributed by atoms with van der Waals surface area (Å²) in [6.07, 6.45) is 28.2. The van der Waals surface area contributed by atoms with E-state index in [1.54, 1.807) is 0 Å². The number of carbonyl (C=O) groups is 1. The monoisotopic (exact) mass is 467 g/mol. The van der Waals surface area contributed by atoms with Crippen molar-refractivity contribution in [2.45, 2.75) is 161 Å². The number of carbonyl (C=O) groups excluding carboxylic acids is 1. The molecule has 1 amide bonds. The lowest BCUT2D eigenvalue weighted by Crippen LogP contribution is -2.45. The third-order valence-corrected chi connectivity index (χ3v) is 6.53. The fraction of sp³-hybridized carbons (Fsp3) is 0.897. The molecule has 4 nitrogen and oxygen atoms in total. The Labute approximate surface area is 206 Å². The standard InChI is InChI=1S/C29H57NO3/c1-3-5-7-9-11-13-15-17-19-21-23-25-29(33)30-27(26-31)28(32)24-22-20-18-16-14-12-10-8-6-4-2/h9,11,27-28,31-32H,3-8,10,12-26H2,1-2H3,(H,30,33)/b11-9-. The molecule has 0 spiro atoms. The molecule has 0 aliphatic heterocycles. The Morgan fingerprint density at radius 3 is 1.76 bits per heavy atom. The first-order valence-electron chi connectivity index (χ1n) is 14.4. The maximum Gasteiger partial charge on any atom is 0.220 e. The van der Waals surface area contributed by atoms with Gasteiger partial charge in [-0.15, -0.1) is 0 Å². The second-order valence-corrected chi connectivity index (χ2v) is 9.81. The second-order valence-electron chi connectivity index (χ2n) is 9.81. The summed E-state index contributed by atoms with van der Waals surface area (Å²) >= 11 is 0. The number of nitrogens with one attached hydrogen (secondary N) is 1. The molecule has 0 aliphatic rings. The number of allylic oxidation sites excluding steroid dienone is 2. The Morgan fingerprint density at radius 1 is 0.697 bits per heavy atom. The first kappa shape index (κ1) is 32.1. The molecule has 0 fully saturated rings. The molecule has 0 saturated carbocycles. The Hall–Kier alpha value is -0.870. The lowest BCUT2D eigenvalue weighted by atomic mass is 10.0. The molecule has 0 aromatic carbocycles. The van der Waals surface area contributed by atoms with Crippen LogP contribution in [0.15, 0.2) is 12.2 Å². The van der Waals surface area contributed by atoms with E-state index in [1.165, 1.54) is 96.3 Å². The number of aliphatic hydroxyl groups excluding tert-OH is 2. The maximum atomic E-state index is 12.2. The van der Waals surface area contributed by atoms with Crippen molar-refractivity contribution in [2.75, 3.05) is 6.61 Å². The number of hydrogen-bond acceptors (Lipinski definition) is 3. The van der Waals surface area contributed by atoms with Gasteiger partial charge in [-0.25, -0.2) is 0 Å². The van der Waals surface area contributed by atoms with E-state index in [2.05, 4.69) is 31.3 Å². The fourth-order valence-corrected chi connectivity index (χ4v) is 4.22. The summed E-state index contributed by atoms with van der Waals surface area (Å²) in [5, 5.41) is 22.8. The Balaban J connectivity index is 3.65. The zero-order valence-corrected chi connectivity index (χ0v) is 22.2. The molecule has 2 unspecified atom stereocenters. The lowest BCUT2D eigenvalue weighted by Gasteiger charge is -2.22. The highest BCUT2D eigenvalue weighted by Gasteiger charge is 2.19. The lowest BCUT2D eigenvalue weighted by molar-refractivity contribution is -0.123. The molecule has 196 valence electrons. The van der Waals surface area contributed by atoms with E-state index in [9.17, 15) is 15.0 Å². The van der Waals surface area contributed by atoms with Gasteiger partial charge in [0.15, 0.2) is 0 Å². The van der Waals surface area contributed by atoms with Crippen LogP contribution in [0.4, 0.5) is 0 Å². The predicted octanol–water partition coefficient (Wildman–Crippen LogP) is 7.61. The average molecular weight is 468 g/mol.